The Balaban J connectivity index is 1.22. The van der Waals surface area contributed by atoms with Crippen LogP contribution in [0.2, 0.25) is 0 Å². The molecule has 2 fully saturated rings. The quantitative estimate of drug-likeness (QED) is 0.549. The summed E-state index contributed by atoms with van der Waals surface area (Å²) < 4.78 is 15.1. The molecule has 0 spiro atoms. The number of rotatable bonds is 9. The molecule has 2 heterocycles. The Bertz CT molecular complexity index is 1240. The third-order valence-corrected chi connectivity index (χ3v) is 7.99. The van der Waals surface area contributed by atoms with Crippen LogP contribution >= 0.6 is 0 Å². The van der Waals surface area contributed by atoms with E-state index in [1.54, 1.807) is 6.07 Å². The van der Waals surface area contributed by atoms with Crippen molar-refractivity contribution < 1.29 is 14.0 Å². The van der Waals surface area contributed by atoms with E-state index in [0.717, 1.165) is 48.2 Å². The minimum atomic E-state index is -0.658. The summed E-state index contributed by atoms with van der Waals surface area (Å²) in [7, 11) is 3.95. The van der Waals surface area contributed by atoms with E-state index in [4.69, 9.17) is 0 Å². The van der Waals surface area contributed by atoms with E-state index in [-0.39, 0.29) is 23.7 Å². The van der Waals surface area contributed by atoms with Gasteiger partial charge in [-0.15, -0.1) is 0 Å². The molecule has 37 heavy (non-hydrogen) atoms. The molecule has 5 rings (SSSR count). The van der Waals surface area contributed by atoms with Gasteiger partial charge in [-0.2, -0.15) is 5.26 Å². The Morgan fingerprint density at radius 2 is 2.03 bits per heavy atom. The van der Waals surface area contributed by atoms with Gasteiger partial charge in [-0.1, -0.05) is 24.3 Å². The van der Waals surface area contributed by atoms with Gasteiger partial charge in [0.2, 0.25) is 11.8 Å². The van der Waals surface area contributed by atoms with Crippen molar-refractivity contribution in [3.63, 3.8) is 0 Å². The van der Waals surface area contributed by atoms with Crippen molar-refractivity contribution >= 4 is 17.5 Å². The lowest BCUT2D eigenvalue weighted by molar-refractivity contribution is -0.124. The van der Waals surface area contributed by atoms with Crippen LogP contribution in [-0.2, 0) is 22.4 Å². The first-order valence-corrected chi connectivity index (χ1v) is 13.1. The topological polar surface area (TPSA) is 88.5 Å². The van der Waals surface area contributed by atoms with E-state index in [1.165, 1.54) is 6.07 Å². The summed E-state index contributed by atoms with van der Waals surface area (Å²) in [6.07, 6.45) is 4.29. The molecule has 8 heteroatoms. The number of amides is 2. The molecule has 2 N–H and O–H groups in total. The van der Waals surface area contributed by atoms with Crippen LogP contribution in [0.4, 0.5) is 10.1 Å². The van der Waals surface area contributed by atoms with Crippen LogP contribution in [0, 0.1) is 23.1 Å². The van der Waals surface area contributed by atoms with Crippen LogP contribution in [0.3, 0.4) is 0 Å². The number of nitriles is 1. The molecule has 0 aromatic heterocycles. The first-order valence-electron chi connectivity index (χ1n) is 13.1. The number of piperidine rings is 1. The minimum absolute atomic E-state index is 0.0888. The fourth-order valence-corrected chi connectivity index (χ4v) is 5.89. The number of nitrogens with zero attached hydrogens (tertiary/aromatic N) is 3. The fraction of sp³-hybridized carbons (Fsp3) is 0.483. The molecule has 194 valence electrons. The summed E-state index contributed by atoms with van der Waals surface area (Å²) in [5.41, 5.74) is 4.00. The second kappa shape index (κ2) is 10.6. The zero-order valence-corrected chi connectivity index (χ0v) is 21.5. The molecule has 4 unspecified atom stereocenters. The number of benzene rings is 2. The molecular formula is C29H34FN5O2. The number of carbonyl (C=O) groups excluding carboxylic acids is 2. The summed E-state index contributed by atoms with van der Waals surface area (Å²) in [6, 6.07) is 12.7. The standard InChI is InChI=1S/C29H34FN5O2/c1-34(2)11-12-35-26-15-20(5-6-21(26)16-27(35)36)19-4-3-18(25(30)14-19)7-10-24(17-31)33-29(37)28-22-8-9-23(13-22)32-28/h3-6,14-15,22-24,28,32H,7-13,16H2,1-2H3,(H,33,37). The van der Waals surface area contributed by atoms with Crippen molar-refractivity contribution in [2.24, 2.45) is 5.92 Å². The van der Waals surface area contributed by atoms with Crippen LogP contribution in [0.1, 0.15) is 36.8 Å². The van der Waals surface area contributed by atoms with E-state index in [0.29, 0.717) is 43.3 Å². The molecule has 2 bridgehead atoms. The van der Waals surface area contributed by atoms with Crippen LogP contribution in [0.25, 0.3) is 11.1 Å². The van der Waals surface area contributed by atoms with Crippen LogP contribution in [0.15, 0.2) is 36.4 Å². The number of carbonyl (C=O) groups is 2. The summed E-state index contributed by atoms with van der Waals surface area (Å²) >= 11 is 0. The maximum atomic E-state index is 15.1. The highest BCUT2D eigenvalue weighted by atomic mass is 19.1. The molecule has 0 radical (unpaired) electrons. The molecule has 2 aromatic rings. The largest absolute Gasteiger partial charge is 0.339 e. The lowest BCUT2D eigenvalue weighted by Gasteiger charge is -2.23. The van der Waals surface area contributed by atoms with E-state index in [9.17, 15) is 14.9 Å². The predicted molar refractivity (Wildman–Crippen MR) is 140 cm³/mol. The first kappa shape index (κ1) is 25.4. The molecule has 2 amide bonds. The maximum Gasteiger partial charge on any atom is 0.238 e. The van der Waals surface area contributed by atoms with E-state index < -0.39 is 6.04 Å². The van der Waals surface area contributed by atoms with Gasteiger partial charge in [0.15, 0.2) is 0 Å². The normalized spacial score (nSPS) is 22.8. The number of hydrogen-bond acceptors (Lipinski definition) is 5. The zero-order chi connectivity index (χ0) is 26.1. The van der Waals surface area contributed by atoms with E-state index in [1.807, 2.05) is 48.2 Å². The number of aryl methyl sites for hydroxylation is 1. The number of hydrogen-bond donors (Lipinski definition) is 2. The summed E-state index contributed by atoms with van der Waals surface area (Å²) in [4.78, 5) is 29.0. The second-order valence-corrected chi connectivity index (χ2v) is 10.8. The van der Waals surface area contributed by atoms with Gasteiger partial charge >= 0.3 is 0 Å². The number of likely N-dealkylation sites (N-methyl/N-ethyl adjacent to an activating group) is 1. The Morgan fingerprint density at radius 3 is 2.70 bits per heavy atom. The number of anilines is 1. The second-order valence-electron chi connectivity index (χ2n) is 10.8. The van der Waals surface area contributed by atoms with Gasteiger partial charge in [-0.3, -0.25) is 9.59 Å². The molecule has 7 nitrogen and oxygen atoms in total. The number of halogens is 1. The molecule has 4 atom stereocenters. The average Bonchev–Trinajstić information content (AvgIpc) is 3.59. The molecule has 1 saturated heterocycles. The van der Waals surface area contributed by atoms with Gasteiger partial charge in [0, 0.05) is 24.8 Å². The number of fused-ring (bicyclic) bond motifs is 3. The lowest BCUT2D eigenvalue weighted by atomic mass is 9.97. The van der Waals surface area contributed by atoms with Crippen molar-refractivity contribution in [2.45, 2.75) is 56.7 Å². The molecule has 2 aliphatic heterocycles. The predicted octanol–water partition coefficient (Wildman–Crippen LogP) is 3.02. The highest BCUT2D eigenvalue weighted by molar-refractivity contribution is 6.02. The molecule has 1 saturated carbocycles. The Hall–Kier alpha value is -3.28. The van der Waals surface area contributed by atoms with Crippen LogP contribution in [-0.4, -0.2) is 62.0 Å². The van der Waals surface area contributed by atoms with Gasteiger partial charge in [-0.25, -0.2) is 4.39 Å². The monoisotopic (exact) mass is 503 g/mol. The molecule has 2 aromatic carbocycles. The smallest absolute Gasteiger partial charge is 0.238 e. The van der Waals surface area contributed by atoms with Crippen LogP contribution in [0.5, 0.6) is 0 Å². The van der Waals surface area contributed by atoms with Crippen molar-refractivity contribution in [3.05, 3.63) is 53.3 Å². The maximum absolute atomic E-state index is 15.1. The summed E-state index contributed by atoms with van der Waals surface area (Å²) in [5.74, 6) is -0.0155. The third kappa shape index (κ3) is 5.39. The van der Waals surface area contributed by atoms with Gasteiger partial charge < -0.3 is 20.4 Å². The van der Waals surface area contributed by atoms with Crippen molar-refractivity contribution in [1.29, 1.82) is 5.26 Å². The third-order valence-electron chi connectivity index (χ3n) is 7.99. The fourth-order valence-electron chi connectivity index (χ4n) is 5.89. The highest BCUT2D eigenvalue weighted by Crippen LogP contribution is 2.36. The van der Waals surface area contributed by atoms with Gasteiger partial charge in [-0.05, 0) is 86.5 Å². The van der Waals surface area contributed by atoms with Crippen LogP contribution < -0.4 is 15.5 Å². The molecule has 1 aliphatic carbocycles. The minimum Gasteiger partial charge on any atom is -0.339 e. The Labute approximate surface area is 217 Å². The highest BCUT2D eigenvalue weighted by Gasteiger charge is 2.43. The Morgan fingerprint density at radius 1 is 1.24 bits per heavy atom. The first-order chi connectivity index (χ1) is 17.8. The Kier molecular flexibility index (Phi) is 7.27. The SMILES string of the molecule is CN(C)CCN1C(=O)Cc2ccc(-c3ccc(CCC(C#N)NC(=O)C4NC5CCC4C5)c(F)c3)cc21. The van der Waals surface area contributed by atoms with Crippen molar-refractivity contribution in [3.8, 4) is 17.2 Å². The summed E-state index contributed by atoms with van der Waals surface area (Å²) in [5, 5.41) is 15.8. The van der Waals surface area contributed by atoms with Crippen molar-refractivity contribution in [2.75, 3.05) is 32.1 Å². The average molecular weight is 504 g/mol. The van der Waals surface area contributed by atoms with E-state index in [2.05, 4.69) is 16.7 Å². The van der Waals surface area contributed by atoms with Gasteiger partial charge in [0.25, 0.3) is 0 Å². The van der Waals surface area contributed by atoms with Gasteiger partial charge in [0.05, 0.1) is 18.5 Å². The van der Waals surface area contributed by atoms with Gasteiger partial charge in [0.1, 0.15) is 11.9 Å². The lowest BCUT2D eigenvalue weighted by Crippen LogP contribution is -2.50. The van der Waals surface area contributed by atoms with Crippen molar-refractivity contribution in [1.82, 2.24) is 15.5 Å². The van der Waals surface area contributed by atoms with E-state index >= 15 is 4.39 Å². The summed E-state index contributed by atoms with van der Waals surface area (Å²) in [6.45, 7) is 1.38. The zero-order valence-electron chi connectivity index (χ0n) is 21.5. The molecule has 3 aliphatic rings. The number of nitrogens with one attached hydrogen (secondary N) is 2. The molecular weight excluding hydrogens is 469 g/mol.